The summed E-state index contributed by atoms with van der Waals surface area (Å²) in [6.45, 7) is 5.33. The molecular formula is C22H30Cl2N4O2. The molecule has 0 fully saturated rings. The molecule has 4 N–H and O–H groups in total. The Kier molecular flexibility index (Phi) is 10.1. The number of para-hydroxylation sites is 2. The quantitative estimate of drug-likeness (QED) is 0.601. The standard InChI is InChI=1S/C22H28N4O2.2ClH/c1-15(2)21(23)22(28)24-13-20(27)25-18-9-5-3-8-17(18)14-26-12-11-16-7-4-6-10-19(16)26;;/h3-10,15,21H,11-14,23H2,1-2H3,(H,24,28)(H,25,27);2*1H/t21-;;/m0../s1. The zero-order valence-electron chi connectivity index (χ0n) is 17.3. The van der Waals surface area contributed by atoms with Crippen LogP contribution < -0.4 is 21.3 Å². The van der Waals surface area contributed by atoms with Gasteiger partial charge in [-0.1, -0.05) is 50.2 Å². The summed E-state index contributed by atoms with van der Waals surface area (Å²) in [6.07, 6.45) is 1.03. The van der Waals surface area contributed by atoms with Crippen molar-refractivity contribution in [2.75, 3.05) is 23.3 Å². The van der Waals surface area contributed by atoms with Gasteiger partial charge >= 0.3 is 0 Å². The highest BCUT2D eigenvalue weighted by Gasteiger charge is 2.20. The van der Waals surface area contributed by atoms with Gasteiger partial charge in [-0.15, -0.1) is 24.8 Å². The summed E-state index contributed by atoms with van der Waals surface area (Å²) in [7, 11) is 0. The molecule has 2 amide bonds. The first-order valence-corrected chi connectivity index (χ1v) is 9.69. The first kappa shape index (κ1) is 25.8. The molecule has 30 heavy (non-hydrogen) atoms. The van der Waals surface area contributed by atoms with Gasteiger partial charge < -0.3 is 21.3 Å². The van der Waals surface area contributed by atoms with Crippen molar-refractivity contribution in [1.29, 1.82) is 0 Å². The van der Waals surface area contributed by atoms with E-state index in [1.54, 1.807) is 0 Å². The molecule has 6 nitrogen and oxygen atoms in total. The molecule has 164 valence electrons. The van der Waals surface area contributed by atoms with Crippen LogP contribution in [0.4, 0.5) is 11.4 Å². The number of amides is 2. The number of nitrogens with zero attached hydrogens (tertiary/aromatic N) is 1. The summed E-state index contributed by atoms with van der Waals surface area (Å²) in [4.78, 5) is 26.6. The number of nitrogens with two attached hydrogens (primary N) is 1. The van der Waals surface area contributed by atoms with Crippen LogP contribution in [0.3, 0.4) is 0 Å². The highest BCUT2D eigenvalue weighted by atomic mass is 35.5. The van der Waals surface area contributed by atoms with E-state index in [0.717, 1.165) is 30.8 Å². The maximum absolute atomic E-state index is 12.3. The Morgan fingerprint density at radius 3 is 2.47 bits per heavy atom. The predicted molar refractivity (Wildman–Crippen MR) is 127 cm³/mol. The van der Waals surface area contributed by atoms with E-state index in [1.807, 2.05) is 38.1 Å². The fourth-order valence-corrected chi connectivity index (χ4v) is 3.34. The molecular weight excluding hydrogens is 423 g/mol. The van der Waals surface area contributed by atoms with E-state index in [-0.39, 0.29) is 49.1 Å². The SMILES string of the molecule is CC(C)[C@H](N)C(=O)NCC(=O)Nc1ccccc1CN1CCc2ccccc21.Cl.Cl. The third-order valence-electron chi connectivity index (χ3n) is 5.08. The second-order valence-corrected chi connectivity index (χ2v) is 7.49. The Morgan fingerprint density at radius 1 is 1.07 bits per heavy atom. The number of hydrogen-bond donors (Lipinski definition) is 3. The largest absolute Gasteiger partial charge is 0.367 e. The molecule has 0 aliphatic carbocycles. The van der Waals surface area contributed by atoms with Crippen molar-refractivity contribution in [3.63, 3.8) is 0 Å². The maximum Gasteiger partial charge on any atom is 0.243 e. The summed E-state index contributed by atoms with van der Waals surface area (Å²) < 4.78 is 0. The monoisotopic (exact) mass is 452 g/mol. The number of carbonyl (C=O) groups excluding carboxylic acids is 2. The van der Waals surface area contributed by atoms with Crippen LogP contribution in [-0.2, 0) is 22.6 Å². The highest BCUT2D eigenvalue weighted by Crippen LogP contribution is 2.30. The lowest BCUT2D eigenvalue weighted by atomic mass is 10.1. The molecule has 0 aromatic heterocycles. The van der Waals surface area contributed by atoms with Crippen molar-refractivity contribution < 1.29 is 9.59 Å². The Labute approximate surface area is 190 Å². The van der Waals surface area contributed by atoms with Crippen molar-refractivity contribution in [2.45, 2.75) is 32.9 Å². The number of fused-ring (bicyclic) bond motifs is 1. The Hall–Kier alpha value is -2.28. The second-order valence-electron chi connectivity index (χ2n) is 7.49. The van der Waals surface area contributed by atoms with Gasteiger partial charge in [-0.2, -0.15) is 0 Å². The van der Waals surface area contributed by atoms with Crippen molar-refractivity contribution >= 4 is 48.0 Å². The number of benzene rings is 2. The van der Waals surface area contributed by atoms with Gasteiger partial charge in [0.15, 0.2) is 0 Å². The zero-order chi connectivity index (χ0) is 20.1. The Morgan fingerprint density at radius 2 is 1.73 bits per heavy atom. The molecule has 2 aromatic rings. The lowest BCUT2D eigenvalue weighted by Gasteiger charge is -2.21. The van der Waals surface area contributed by atoms with Crippen molar-refractivity contribution in [3.05, 3.63) is 59.7 Å². The summed E-state index contributed by atoms with van der Waals surface area (Å²) >= 11 is 0. The van der Waals surface area contributed by atoms with Crippen LogP contribution in [-0.4, -0.2) is 30.9 Å². The topological polar surface area (TPSA) is 87.5 Å². The summed E-state index contributed by atoms with van der Waals surface area (Å²) in [5, 5.41) is 5.51. The molecule has 2 aromatic carbocycles. The number of nitrogens with one attached hydrogen (secondary N) is 2. The summed E-state index contributed by atoms with van der Waals surface area (Å²) in [5.41, 5.74) is 10.2. The lowest BCUT2D eigenvalue weighted by Crippen LogP contribution is -2.46. The van der Waals surface area contributed by atoms with E-state index in [4.69, 9.17) is 5.73 Å². The van der Waals surface area contributed by atoms with Gasteiger partial charge in [0.25, 0.3) is 0 Å². The minimum Gasteiger partial charge on any atom is -0.367 e. The number of hydrogen-bond acceptors (Lipinski definition) is 4. The number of anilines is 2. The number of carbonyl (C=O) groups is 2. The minimum absolute atomic E-state index is 0. The molecule has 0 unspecified atom stereocenters. The molecule has 0 saturated heterocycles. The second kappa shape index (κ2) is 11.8. The van der Waals surface area contributed by atoms with Gasteiger partial charge in [-0.05, 0) is 35.6 Å². The third kappa shape index (κ3) is 6.36. The molecule has 8 heteroatoms. The molecule has 1 atom stereocenters. The maximum atomic E-state index is 12.3. The van der Waals surface area contributed by atoms with Gasteiger partial charge in [-0.25, -0.2) is 0 Å². The third-order valence-corrected chi connectivity index (χ3v) is 5.08. The lowest BCUT2D eigenvalue weighted by molar-refractivity contribution is -0.125. The summed E-state index contributed by atoms with van der Waals surface area (Å²) in [6, 6.07) is 15.6. The molecule has 1 heterocycles. The number of rotatable bonds is 7. The van der Waals surface area contributed by atoms with Crippen molar-refractivity contribution in [1.82, 2.24) is 5.32 Å². The van der Waals surface area contributed by atoms with Crippen molar-refractivity contribution in [2.24, 2.45) is 11.7 Å². The normalized spacial score (nSPS) is 13.0. The van der Waals surface area contributed by atoms with Gasteiger partial charge in [0.1, 0.15) is 0 Å². The van der Waals surface area contributed by atoms with Gasteiger partial charge in [-0.3, -0.25) is 9.59 Å². The Balaban J connectivity index is 0.00000225. The fourth-order valence-electron chi connectivity index (χ4n) is 3.34. The average Bonchev–Trinajstić information content (AvgIpc) is 3.10. The van der Waals surface area contributed by atoms with Crippen LogP contribution in [0, 0.1) is 5.92 Å². The van der Waals surface area contributed by atoms with Gasteiger partial charge in [0, 0.05) is 24.5 Å². The molecule has 3 rings (SSSR count). The van der Waals surface area contributed by atoms with Crippen LogP contribution in [0.15, 0.2) is 48.5 Å². The van der Waals surface area contributed by atoms with Crippen molar-refractivity contribution in [3.8, 4) is 0 Å². The van der Waals surface area contributed by atoms with Gasteiger partial charge in [0.2, 0.25) is 11.8 Å². The van der Waals surface area contributed by atoms with Gasteiger partial charge in [0.05, 0.1) is 12.6 Å². The van der Waals surface area contributed by atoms with Crippen LogP contribution in [0.1, 0.15) is 25.0 Å². The average molecular weight is 453 g/mol. The number of halogens is 2. The van der Waals surface area contributed by atoms with Crippen LogP contribution in [0.5, 0.6) is 0 Å². The van der Waals surface area contributed by atoms with E-state index in [9.17, 15) is 9.59 Å². The molecule has 1 aliphatic rings. The molecule has 1 aliphatic heterocycles. The molecule has 0 radical (unpaired) electrons. The predicted octanol–water partition coefficient (Wildman–Crippen LogP) is 3.13. The van der Waals surface area contributed by atoms with E-state index in [1.165, 1.54) is 11.3 Å². The minimum atomic E-state index is -0.615. The fraction of sp³-hybridized carbons (Fsp3) is 0.364. The zero-order valence-corrected chi connectivity index (χ0v) is 18.9. The molecule has 0 bridgehead atoms. The first-order chi connectivity index (χ1) is 13.5. The van der Waals surface area contributed by atoms with Crippen LogP contribution >= 0.6 is 24.8 Å². The van der Waals surface area contributed by atoms with Crippen LogP contribution in [0.2, 0.25) is 0 Å². The molecule has 0 spiro atoms. The smallest absolute Gasteiger partial charge is 0.243 e. The molecule has 0 saturated carbocycles. The van der Waals surface area contributed by atoms with E-state index < -0.39 is 6.04 Å². The van der Waals surface area contributed by atoms with E-state index in [0.29, 0.717) is 0 Å². The van der Waals surface area contributed by atoms with Crippen LogP contribution in [0.25, 0.3) is 0 Å². The Bertz CT molecular complexity index is 861. The highest BCUT2D eigenvalue weighted by molar-refractivity contribution is 5.95. The van der Waals surface area contributed by atoms with E-state index in [2.05, 4.69) is 39.8 Å². The van der Waals surface area contributed by atoms with E-state index >= 15 is 0 Å². The first-order valence-electron chi connectivity index (χ1n) is 9.69. The summed E-state index contributed by atoms with van der Waals surface area (Å²) in [5.74, 6) is -0.558.